The molecule has 1 aromatic carbocycles. The van der Waals surface area contributed by atoms with Crippen molar-refractivity contribution in [3.05, 3.63) is 34.9 Å². The van der Waals surface area contributed by atoms with Gasteiger partial charge in [0.25, 0.3) is 5.91 Å². The van der Waals surface area contributed by atoms with Crippen molar-refractivity contribution in [2.45, 2.75) is 12.5 Å². The lowest BCUT2D eigenvalue weighted by molar-refractivity contribution is -0.122. The molecular weight excluding hydrogens is 308 g/mol. The van der Waals surface area contributed by atoms with Crippen LogP contribution in [0.25, 0.3) is 0 Å². The number of rotatable bonds is 7. The molecule has 0 aromatic heterocycles. The number of benzene rings is 1. The van der Waals surface area contributed by atoms with Gasteiger partial charge in [-0.15, -0.1) is 6.42 Å². The molecule has 2 N–H and O–H groups in total. The van der Waals surface area contributed by atoms with Crippen LogP contribution in [-0.4, -0.2) is 36.4 Å². The third kappa shape index (κ3) is 5.70. The molecule has 1 rings (SSSR count). The Kier molecular flexibility index (Phi) is 7.73. The van der Waals surface area contributed by atoms with E-state index in [9.17, 15) is 9.59 Å². The smallest absolute Gasteiger partial charge is 0.253 e. The van der Waals surface area contributed by atoms with Gasteiger partial charge in [-0.2, -0.15) is 11.8 Å². The molecule has 4 nitrogen and oxygen atoms in total. The summed E-state index contributed by atoms with van der Waals surface area (Å²) in [4.78, 5) is 24.2. The molecule has 0 bridgehead atoms. The predicted octanol–water partition coefficient (Wildman–Crippen LogP) is 1.94. The lowest BCUT2D eigenvalue weighted by Crippen LogP contribution is -2.47. The normalized spacial score (nSPS) is 11.3. The molecule has 1 aromatic rings. The highest BCUT2D eigenvalue weighted by molar-refractivity contribution is 7.98. The Balaban J connectivity index is 2.76. The van der Waals surface area contributed by atoms with Crippen LogP contribution in [0.4, 0.5) is 0 Å². The third-order valence-electron chi connectivity index (χ3n) is 2.72. The second-order valence-corrected chi connectivity index (χ2v) is 5.60. The molecule has 1 atom stereocenters. The topological polar surface area (TPSA) is 58.2 Å². The Bertz CT molecular complexity index is 543. The van der Waals surface area contributed by atoms with Crippen molar-refractivity contribution >= 4 is 35.2 Å². The summed E-state index contributed by atoms with van der Waals surface area (Å²) in [6.07, 6.45) is 7.57. The Hall–Kier alpha value is -1.64. The zero-order valence-electron chi connectivity index (χ0n) is 11.7. The molecule has 0 saturated carbocycles. The van der Waals surface area contributed by atoms with Crippen molar-refractivity contribution in [2.24, 2.45) is 0 Å². The van der Waals surface area contributed by atoms with Gasteiger partial charge in [0.05, 0.1) is 17.1 Å². The Morgan fingerprint density at radius 1 is 1.43 bits per heavy atom. The van der Waals surface area contributed by atoms with Crippen LogP contribution in [-0.2, 0) is 4.79 Å². The molecule has 6 heteroatoms. The second kappa shape index (κ2) is 9.32. The molecule has 1 unspecified atom stereocenters. The van der Waals surface area contributed by atoms with E-state index in [1.807, 2.05) is 6.26 Å². The number of thioether (sulfide) groups is 1. The summed E-state index contributed by atoms with van der Waals surface area (Å²) in [5.41, 5.74) is 0.345. The quantitative estimate of drug-likeness (QED) is 0.754. The fourth-order valence-corrected chi connectivity index (χ4v) is 2.34. The van der Waals surface area contributed by atoms with Gasteiger partial charge in [0.15, 0.2) is 0 Å². The van der Waals surface area contributed by atoms with Crippen LogP contribution in [0.1, 0.15) is 16.8 Å². The monoisotopic (exact) mass is 324 g/mol. The molecule has 0 fully saturated rings. The lowest BCUT2D eigenvalue weighted by Gasteiger charge is -2.17. The summed E-state index contributed by atoms with van der Waals surface area (Å²) >= 11 is 7.58. The fourth-order valence-electron chi connectivity index (χ4n) is 1.65. The molecule has 21 heavy (non-hydrogen) atoms. The minimum Gasteiger partial charge on any atom is -0.343 e. The first-order chi connectivity index (χ1) is 10.1. The van der Waals surface area contributed by atoms with Gasteiger partial charge in [-0.25, -0.2) is 0 Å². The van der Waals surface area contributed by atoms with E-state index in [2.05, 4.69) is 16.6 Å². The first-order valence-corrected chi connectivity index (χ1v) is 8.12. The summed E-state index contributed by atoms with van der Waals surface area (Å²) in [7, 11) is 0. The van der Waals surface area contributed by atoms with Gasteiger partial charge in [-0.1, -0.05) is 29.7 Å². The number of carbonyl (C=O) groups excluding carboxylic acids is 2. The maximum absolute atomic E-state index is 12.2. The fraction of sp³-hybridized carbons (Fsp3) is 0.333. The zero-order chi connectivity index (χ0) is 15.7. The van der Waals surface area contributed by atoms with Crippen LogP contribution in [0, 0.1) is 12.3 Å². The number of carbonyl (C=O) groups is 2. The molecule has 0 radical (unpaired) electrons. The van der Waals surface area contributed by atoms with Crippen molar-refractivity contribution in [1.82, 2.24) is 10.6 Å². The number of halogens is 1. The van der Waals surface area contributed by atoms with Gasteiger partial charge in [-0.05, 0) is 30.6 Å². The van der Waals surface area contributed by atoms with E-state index in [1.165, 1.54) is 0 Å². The standard InChI is InChI=1S/C15H17ClN2O2S/c1-3-9-17-15(20)13(8-10-21-2)18-14(19)11-6-4-5-7-12(11)16/h1,4-7,13H,8-10H2,2H3,(H,17,20)(H,18,19). The average molecular weight is 325 g/mol. The molecule has 112 valence electrons. The number of hydrogen-bond donors (Lipinski definition) is 2. The first-order valence-electron chi connectivity index (χ1n) is 6.35. The largest absolute Gasteiger partial charge is 0.343 e. The molecule has 0 aliphatic heterocycles. The highest BCUT2D eigenvalue weighted by Gasteiger charge is 2.21. The van der Waals surface area contributed by atoms with Crippen LogP contribution < -0.4 is 10.6 Å². The summed E-state index contributed by atoms with van der Waals surface area (Å²) in [6, 6.07) is 6.07. The number of nitrogens with one attached hydrogen (secondary N) is 2. The van der Waals surface area contributed by atoms with Crippen molar-refractivity contribution < 1.29 is 9.59 Å². The lowest BCUT2D eigenvalue weighted by atomic mass is 10.1. The third-order valence-corrected chi connectivity index (χ3v) is 3.69. The maximum Gasteiger partial charge on any atom is 0.253 e. The summed E-state index contributed by atoms with van der Waals surface area (Å²) in [6.45, 7) is 0.135. The summed E-state index contributed by atoms with van der Waals surface area (Å²) in [5, 5.41) is 5.63. The highest BCUT2D eigenvalue weighted by atomic mass is 35.5. The van der Waals surface area contributed by atoms with Gasteiger partial charge < -0.3 is 10.6 Å². The van der Waals surface area contributed by atoms with Crippen LogP contribution in [0.3, 0.4) is 0 Å². The van der Waals surface area contributed by atoms with E-state index in [1.54, 1.807) is 36.0 Å². The molecule has 0 aliphatic rings. The first kappa shape index (κ1) is 17.4. The Labute approximate surface area is 134 Å². The van der Waals surface area contributed by atoms with Gasteiger partial charge in [-0.3, -0.25) is 9.59 Å². The minimum atomic E-state index is -0.630. The SMILES string of the molecule is C#CCNC(=O)C(CCSC)NC(=O)c1ccccc1Cl. The van der Waals surface area contributed by atoms with E-state index in [-0.39, 0.29) is 18.4 Å². The van der Waals surface area contributed by atoms with Crippen molar-refractivity contribution in [3.8, 4) is 12.3 Å². The molecule has 0 aliphatic carbocycles. The van der Waals surface area contributed by atoms with E-state index in [4.69, 9.17) is 18.0 Å². The van der Waals surface area contributed by atoms with E-state index in [0.29, 0.717) is 17.0 Å². The van der Waals surface area contributed by atoms with E-state index < -0.39 is 6.04 Å². The summed E-state index contributed by atoms with van der Waals surface area (Å²) in [5.74, 6) is 2.42. The van der Waals surface area contributed by atoms with Crippen LogP contribution in [0.15, 0.2) is 24.3 Å². The predicted molar refractivity (Wildman–Crippen MR) is 87.5 cm³/mol. The Morgan fingerprint density at radius 2 is 2.14 bits per heavy atom. The molecule has 0 saturated heterocycles. The maximum atomic E-state index is 12.2. The molecular formula is C15H17ClN2O2S. The van der Waals surface area contributed by atoms with Gasteiger partial charge >= 0.3 is 0 Å². The molecule has 2 amide bonds. The van der Waals surface area contributed by atoms with Crippen LogP contribution in [0.2, 0.25) is 5.02 Å². The van der Waals surface area contributed by atoms with E-state index in [0.717, 1.165) is 5.75 Å². The van der Waals surface area contributed by atoms with Crippen LogP contribution in [0.5, 0.6) is 0 Å². The Morgan fingerprint density at radius 3 is 2.76 bits per heavy atom. The highest BCUT2D eigenvalue weighted by Crippen LogP contribution is 2.15. The molecule has 0 spiro atoms. The van der Waals surface area contributed by atoms with Crippen LogP contribution >= 0.6 is 23.4 Å². The van der Waals surface area contributed by atoms with Gasteiger partial charge in [0, 0.05) is 0 Å². The number of hydrogen-bond acceptors (Lipinski definition) is 3. The van der Waals surface area contributed by atoms with Crippen molar-refractivity contribution in [2.75, 3.05) is 18.6 Å². The van der Waals surface area contributed by atoms with Gasteiger partial charge in [0.2, 0.25) is 5.91 Å². The number of terminal acetylenes is 1. The zero-order valence-corrected chi connectivity index (χ0v) is 13.3. The van der Waals surface area contributed by atoms with Crippen molar-refractivity contribution in [3.63, 3.8) is 0 Å². The van der Waals surface area contributed by atoms with E-state index >= 15 is 0 Å². The minimum absolute atomic E-state index is 0.135. The average Bonchev–Trinajstić information content (AvgIpc) is 2.49. The second-order valence-electron chi connectivity index (χ2n) is 4.21. The van der Waals surface area contributed by atoms with Gasteiger partial charge in [0.1, 0.15) is 6.04 Å². The summed E-state index contributed by atoms with van der Waals surface area (Å²) < 4.78 is 0. The number of amides is 2. The molecule has 0 heterocycles. The van der Waals surface area contributed by atoms with Crippen molar-refractivity contribution in [1.29, 1.82) is 0 Å².